The molecule has 2 amide bonds. The fourth-order valence-corrected chi connectivity index (χ4v) is 2.16. The Hall–Kier alpha value is -2.70. The van der Waals surface area contributed by atoms with E-state index in [0.29, 0.717) is 41.2 Å². The summed E-state index contributed by atoms with van der Waals surface area (Å²) in [6, 6.07) is 5.23. The number of aryl methyl sites for hydroxylation is 1. The molecule has 0 saturated heterocycles. The molecule has 1 N–H and O–H groups in total. The fourth-order valence-electron chi connectivity index (χ4n) is 2.16. The van der Waals surface area contributed by atoms with E-state index in [1.807, 2.05) is 0 Å². The van der Waals surface area contributed by atoms with Crippen LogP contribution in [0.2, 0.25) is 0 Å². The van der Waals surface area contributed by atoms with Crippen molar-refractivity contribution in [3.8, 4) is 0 Å². The first kappa shape index (κ1) is 13.3. The third-order valence-electron chi connectivity index (χ3n) is 3.22. The number of aromatic nitrogens is 1. The number of benzene rings is 1. The van der Waals surface area contributed by atoms with Gasteiger partial charge >= 0.3 is 0 Å². The molecule has 0 atom stereocenters. The van der Waals surface area contributed by atoms with E-state index >= 15 is 0 Å². The monoisotopic (exact) mass is 286 g/mol. The van der Waals surface area contributed by atoms with Gasteiger partial charge in [-0.2, -0.15) is 5.10 Å². The van der Waals surface area contributed by atoms with Gasteiger partial charge in [-0.25, -0.2) is 9.99 Å². The van der Waals surface area contributed by atoms with Gasteiger partial charge in [0.15, 0.2) is 11.5 Å². The Labute approximate surface area is 120 Å². The predicted molar refractivity (Wildman–Crippen MR) is 76.8 cm³/mol. The molecule has 1 aliphatic heterocycles. The molecular weight excluding hydrogens is 272 g/mol. The molecule has 0 radical (unpaired) electrons. The summed E-state index contributed by atoms with van der Waals surface area (Å²) in [5.74, 6) is 0.172. The Kier molecular flexibility index (Phi) is 3.17. The summed E-state index contributed by atoms with van der Waals surface area (Å²) in [7, 11) is 1.54. The highest BCUT2D eigenvalue weighted by Gasteiger charge is 2.22. The zero-order valence-electron chi connectivity index (χ0n) is 11.7. The van der Waals surface area contributed by atoms with Crippen LogP contribution in [0.3, 0.4) is 0 Å². The summed E-state index contributed by atoms with van der Waals surface area (Å²) in [4.78, 5) is 27.7. The minimum absolute atomic E-state index is 0.0916. The van der Waals surface area contributed by atoms with Crippen LogP contribution in [0.5, 0.6) is 0 Å². The van der Waals surface area contributed by atoms with Gasteiger partial charge in [0.25, 0.3) is 5.91 Å². The molecule has 0 unspecified atom stereocenters. The molecule has 1 aliphatic rings. The molecule has 2 heterocycles. The first-order valence-corrected chi connectivity index (χ1v) is 6.55. The second-order valence-corrected chi connectivity index (χ2v) is 4.83. The maximum atomic E-state index is 12.1. The molecule has 21 heavy (non-hydrogen) atoms. The van der Waals surface area contributed by atoms with Crippen molar-refractivity contribution < 1.29 is 14.0 Å². The van der Waals surface area contributed by atoms with Crippen LogP contribution in [0, 0.1) is 6.92 Å². The zero-order valence-corrected chi connectivity index (χ0v) is 11.7. The van der Waals surface area contributed by atoms with Crippen LogP contribution >= 0.6 is 0 Å². The van der Waals surface area contributed by atoms with Crippen LogP contribution in [-0.4, -0.2) is 34.6 Å². The van der Waals surface area contributed by atoms with Crippen molar-refractivity contribution >= 4 is 34.3 Å². The first-order chi connectivity index (χ1) is 10.0. The smallest absolute Gasteiger partial charge is 0.271 e. The molecule has 7 heteroatoms. The van der Waals surface area contributed by atoms with Gasteiger partial charge in [-0.3, -0.25) is 9.59 Å². The minimum Gasteiger partial charge on any atom is -0.441 e. The third kappa shape index (κ3) is 2.62. The number of carbonyl (C=O) groups excluding carboxylic acids is 2. The van der Waals surface area contributed by atoms with Crippen LogP contribution in [0.25, 0.3) is 11.1 Å². The fraction of sp³-hybridized carbons (Fsp3) is 0.286. The van der Waals surface area contributed by atoms with Gasteiger partial charge in [0, 0.05) is 32.5 Å². The molecule has 0 saturated carbocycles. The average molecular weight is 286 g/mol. The van der Waals surface area contributed by atoms with Gasteiger partial charge in [-0.1, -0.05) is 0 Å². The summed E-state index contributed by atoms with van der Waals surface area (Å²) in [6.45, 7) is 1.77. The third-order valence-corrected chi connectivity index (χ3v) is 3.22. The Morgan fingerprint density at radius 2 is 2.19 bits per heavy atom. The van der Waals surface area contributed by atoms with Gasteiger partial charge in [0.2, 0.25) is 5.91 Å². The summed E-state index contributed by atoms with van der Waals surface area (Å²) in [5, 5.41) is 7.94. The average Bonchev–Trinajstić information content (AvgIpc) is 2.81. The largest absolute Gasteiger partial charge is 0.441 e. The normalized spacial score (nSPS) is 15.2. The molecule has 1 aromatic carbocycles. The Balaban J connectivity index is 1.80. The summed E-state index contributed by atoms with van der Waals surface area (Å²) in [6.07, 6.45) is 0.643. The Bertz CT molecular complexity index is 763. The second kappa shape index (κ2) is 5.01. The van der Waals surface area contributed by atoms with Crippen LogP contribution in [-0.2, 0) is 9.59 Å². The number of hydrogen-bond acceptors (Lipinski definition) is 5. The molecule has 0 bridgehead atoms. The molecule has 2 aromatic rings. The van der Waals surface area contributed by atoms with E-state index in [9.17, 15) is 9.59 Å². The van der Waals surface area contributed by atoms with Gasteiger partial charge in [0.1, 0.15) is 11.2 Å². The topological polar surface area (TPSA) is 87.8 Å². The zero-order chi connectivity index (χ0) is 15.0. The number of hydrogen-bond donors (Lipinski definition) is 1. The number of nitrogens with one attached hydrogen (secondary N) is 1. The van der Waals surface area contributed by atoms with E-state index in [2.05, 4.69) is 15.4 Å². The number of fused-ring (bicyclic) bond motifs is 1. The first-order valence-electron chi connectivity index (χ1n) is 6.55. The maximum absolute atomic E-state index is 12.1. The molecule has 0 spiro atoms. The van der Waals surface area contributed by atoms with Crippen molar-refractivity contribution in [2.24, 2.45) is 5.10 Å². The standard InChI is InChI=1S/C14H14N4O3/c1-8-15-11-7-9(3-5-12(11)21-8)16-14(20)10-4-6-13(19)18(2)17-10/h3,5,7H,4,6H2,1-2H3,(H,16,20). The lowest BCUT2D eigenvalue weighted by atomic mass is 10.1. The van der Waals surface area contributed by atoms with Crippen LogP contribution in [0.15, 0.2) is 27.7 Å². The van der Waals surface area contributed by atoms with E-state index in [-0.39, 0.29) is 11.8 Å². The maximum Gasteiger partial charge on any atom is 0.271 e. The van der Waals surface area contributed by atoms with Crippen molar-refractivity contribution in [1.29, 1.82) is 0 Å². The molecular formula is C14H14N4O3. The molecule has 3 rings (SSSR count). The van der Waals surface area contributed by atoms with Crippen molar-refractivity contribution in [3.63, 3.8) is 0 Å². The summed E-state index contributed by atoms with van der Waals surface area (Å²) >= 11 is 0. The molecule has 0 aliphatic carbocycles. The highest BCUT2D eigenvalue weighted by molar-refractivity contribution is 6.43. The van der Waals surface area contributed by atoms with Crippen LogP contribution < -0.4 is 5.32 Å². The lowest BCUT2D eigenvalue weighted by molar-refractivity contribution is -0.130. The Morgan fingerprint density at radius 3 is 2.95 bits per heavy atom. The predicted octanol–water partition coefficient (Wildman–Crippen LogP) is 1.68. The number of oxazole rings is 1. The second-order valence-electron chi connectivity index (χ2n) is 4.83. The molecule has 108 valence electrons. The highest BCUT2D eigenvalue weighted by Crippen LogP contribution is 2.20. The van der Waals surface area contributed by atoms with E-state index in [0.717, 1.165) is 0 Å². The number of anilines is 1. The van der Waals surface area contributed by atoms with E-state index in [1.54, 1.807) is 32.2 Å². The van der Waals surface area contributed by atoms with Gasteiger partial charge in [-0.15, -0.1) is 0 Å². The number of hydrazone groups is 1. The molecule has 1 aromatic heterocycles. The van der Waals surface area contributed by atoms with Gasteiger partial charge in [0.05, 0.1) is 0 Å². The van der Waals surface area contributed by atoms with Crippen molar-refractivity contribution in [1.82, 2.24) is 9.99 Å². The number of carbonyl (C=O) groups is 2. The van der Waals surface area contributed by atoms with E-state index in [1.165, 1.54) is 5.01 Å². The molecule has 7 nitrogen and oxygen atoms in total. The van der Waals surface area contributed by atoms with E-state index < -0.39 is 0 Å². The lowest BCUT2D eigenvalue weighted by Crippen LogP contribution is -2.34. The van der Waals surface area contributed by atoms with E-state index in [4.69, 9.17) is 4.42 Å². The number of nitrogens with zero attached hydrogens (tertiary/aromatic N) is 3. The van der Waals surface area contributed by atoms with Crippen molar-refractivity contribution in [2.45, 2.75) is 19.8 Å². The number of amides is 2. The Morgan fingerprint density at radius 1 is 1.38 bits per heavy atom. The minimum atomic E-state index is -0.311. The van der Waals surface area contributed by atoms with Crippen molar-refractivity contribution in [3.05, 3.63) is 24.1 Å². The SMILES string of the molecule is Cc1nc2cc(NC(=O)C3=NN(C)C(=O)CC3)ccc2o1. The summed E-state index contributed by atoms with van der Waals surface area (Å²) < 4.78 is 5.38. The molecule has 0 fully saturated rings. The van der Waals surface area contributed by atoms with Gasteiger partial charge in [-0.05, 0) is 18.2 Å². The lowest BCUT2D eigenvalue weighted by Gasteiger charge is -2.18. The van der Waals surface area contributed by atoms with Crippen LogP contribution in [0.1, 0.15) is 18.7 Å². The quantitative estimate of drug-likeness (QED) is 0.909. The van der Waals surface area contributed by atoms with Crippen molar-refractivity contribution in [2.75, 3.05) is 12.4 Å². The van der Waals surface area contributed by atoms with Crippen LogP contribution in [0.4, 0.5) is 5.69 Å². The number of rotatable bonds is 2. The van der Waals surface area contributed by atoms with Gasteiger partial charge < -0.3 is 9.73 Å². The summed E-state index contributed by atoms with van der Waals surface area (Å²) in [5.41, 5.74) is 2.31. The highest BCUT2D eigenvalue weighted by atomic mass is 16.3.